The first kappa shape index (κ1) is 13.5. The third kappa shape index (κ3) is 3.09. The fourth-order valence-electron chi connectivity index (χ4n) is 2.15. The number of pyridine rings is 1. The van der Waals surface area contributed by atoms with E-state index in [1.54, 1.807) is 12.3 Å². The Kier molecular flexibility index (Phi) is 4.47. The molecule has 2 aromatic rings. The SMILES string of the molecule is CCCC(CN)NC(=O)c1ccnc2ccccc12. The monoisotopic (exact) mass is 257 g/mol. The summed E-state index contributed by atoms with van der Waals surface area (Å²) < 4.78 is 0. The Labute approximate surface area is 113 Å². The van der Waals surface area contributed by atoms with Crippen molar-refractivity contribution in [3.05, 3.63) is 42.1 Å². The van der Waals surface area contributed by atoms with Gasteiger partial charge in [0.25, 0.3) is 5.91 Å². The van der Waals surface area contributed by atoms with Gasteiger partial charge in [0.15, 0.2) is 0 Å². The van der Waals surface area contributed by atoms with Gasteiger partial charge < -0.3 is 11.1 Å². The summed E-state index contributed by atoms with van der Waals surface area (Å²) in [5.74, 6) is -0.0810. The molecule has 0 saturated heterocycles. The summed E-state index contributed by atoms with van der Waals surface area (Å²) in [6.07, 6.45) is 3.55. The number of hydrogen-bond acceptors (Lipinski definition) is 3. The van der Waals surface area contributed by atoms with Crippen LogP contribution in [0.25, 0.3) is 10.9 Å². The van der Waals surface area contributed by atoms with Gasteiger partial charge in [-0.25, -0.2) is 0 Å². The number of nitrogens with one attached hydrogen (secondary N) is 1. The summed E-state index contributed by atoms with van der Waals surface area (Å²) in [5.41, 5.74) is 7.15. The minimum absolute atomic E-state index is 0.0319. The smallest absolute Gasteiger partial charge is 0.252 e. The van der Waals surface area contributed by atoms with E-state index in [4.69, 9.17) is 5.73 Å². The molecule has 1 heterocycles. The predicted octanol–water partition coefficient (Wildman–Crippen LogP) is 2.09. The molecule has 0 radical (unpaired) electrons. The fourth-order valence-corrected chi connectivity index (χ4v) is 2.15. The topological polar surface area (TPSA) is 68.0 Å². The molecule has 100 valence electrons. The standard InChI is InChI=1S/C15H19N3O/c1-2-5-11(10-16)18-15(19)13-8-9-17-14-7-4-3-6-12(13)14/h3-4,6-9,11H,2,5,10,16H2,1H3,(H,18,19). The highest BCUT2D eigenvalue weighted by atomic mass is 16.1. The van der Waals surface area contributed by atoms with Crippen molar-refractivity contribution in [2.45, 2.75) is 25.8 Å². The molecule has 0 fully saturated rings. The van der Waals surface area contributed by atoms with E-state index in [9.17, 15) is 4.79 Å². The van der Waals surface area contributed by atoms with E-state index in [-0.39, 0.29) is 11.9 Å². The molecule has 0 bridgehead atoms. The van der Waals surface area contributed by atoms with Gasteiger partial charge in [-0.15, -0.1) is 0 Å². The van der Waals surface area contributed by atoms with Crippen LogP contribution in [-0.2, 0) is 0 Å². The number of rotatable bonds is 5. The molecule has 1 atom stereocenters. The summed E-state index contributed by atoms with van der Waals surface area (Å²) in [6.45, 7) is 2.54. The summed E-state index contributed by atoms with van der Waals surface area (Å²) in [4.78, 5) is 16.6. The first-order valence-corrected chi connectivity index (χ1v) is 6.61. The Morgan fingerprint density at radius 1 is 1.37 bits per heavy atom. The highest BCUT2D eigenvalue weighted by Gasteiger charge is 2.14. The van der Waals surface area contributed by atoms with Crippen LogP contribution in [0.2, 0.25) is 0 Å². The molecule has 0 aliphatic rings. The zero-order valence-corrected chi connectivity index (χ0v) is 11.1. The minimum Gasteiger partial charge on any atom is -0.348 e. The lowest BCUT2D eigenvalue weighted by molar-refractivity contribution is 0.0938. The van der Waals surface area contributed by atoms with Crippen molar-refractivity contribution < 1.29 is 4.79 Å². The van der Waals surface area contributed by atoms with Crippen LogP contribution in [0.3, 0.4) is 0 Å². The molecule has 1 aromatic carbocycles. The van der Waals surface area contributed by atoms with E-state index in [0.29, 0.717) is 12.1 Å². The number of hydrogen-bond donors (Lipinski definition) is 2. The van der Waals surface area contributed by atoms with Crippen LogP contribution in [0.15, 0.2) is 36.5 Å². The molecule has 1 aromatic heterocycles. The number of nitrogens with zero attached hydrogens (tertiary/aromatic N) is 1. The highest BCUT2D eigenvalue weighted by Crippen LogP contribution is 2.16. The van der Waals surface area contributed by atoms with Gasteiger partial charge in [0.05, 0.1) is 11.1 Å². The predicted molar refractivity (Wildman–Crippen MR) is 77.0 cm³/mol. The van der Waals surface area contributed by atoms with Crippen molar-refractivity contribution in [3.8, 4) is 0 Å². The maximum atomic E-state index is 12.3. The van der Waals surface area contributed by atoms with Crippen molar-refractivity contribution in [3.63, 3.8) is 0 Å². The van der Waals surface area contributed by atoms with Gasteiger partial charge in [-0.3, -0.25) is 9.78 Å². The summed E-state index contributed by atoms with van der Waals surface area (Å²) in [5, 5.41) is 3.85. The molecule has 1 unspecified atom stereocenters. The van der Waals surface area contributed by atoms with E-state index < -0.39 is 0 Å². The second kappa shape index (κ2) is 6.29. The van der Waals surface area contributed by atoms with Crippen LogP contribution in [0.4, 0.5) is 0 Å². The largest absolute Gasteiger partial charge is 0.348 e. The van der Waals surface area contributed by atoms with Crippen LogP contribution in [0, 0.1) is 0 Å². The Morgan fingerprint density at radius 2 is 2.16 bits per heavy atom. The van der Waals surface area contributed by atoms with Gasteiger partial charge in [-0.1, -0.05) is 31.5 Å². The van der Waals surface area contributed by atoms with E-state index in [1.165, 1.54) is 0 Å². The number of fused-ring (bicyclic) bond motifs is 1. The van der Waals surface area contributed by atoms with Crippen molar-refractivity contribution in [2.24, 2.45) is 5.73 Å². The number of carbonyl (C=O) groups is 1. The molecule has 0 aliphatic heterocycles. The van der Waals surface area contributed by atoms with Gasteiger partial charge in [0.2, 0.25) is 0 Å². The third-order valence-electron chi connectivity index (χ3n) is 3.15. The van der Waals surface area contributed by atoms with E-state index >= 15 is 0 Å². The zero-order chi connectivity index (χ0) is 13.7. The number of nitrogens with two attached hydrogens (primary N) is 1. The van der Waals surface area contributed by atoms with Gasteiger partial charge in [-0.05, 0) is 18.6 Å². The summed E-state index contributed by atoms with van der Waals surface area (Å²) in [6, 6.07) is 9.42. The highest BCUT2D eigenvalue weighted by molar-refractivity contribution is 6.06. The van der Waals surface area contributed by atoms with Crippen molar-refractivity contribution in [1.82, 2.24) is 10.3 Å². The first-order valence-electron chi connectivity index (χ1n) is 6.61. The Morgan fingerprint density at radius 3 is 2.89 bits per heavy atom. The Hall–Kier alpha value is -1.94. The molecule has 1 amide bonds. The average Bonchev–Trinajstić information content (AvgIpc) is 2.46. The summed E-state index contributed by atoms with van der Waals surface area (Å²) in [7, 11) is 0. The maximum absolute atomic E-state index is 12.3. The summed E-state index contributed by atoms with van der Waals surface area (Å²) >= 11 is 0. The number of amides is 1. The van der Waals surface area contributed by atoms with Gasteiger partial charge in [-0.2, -0.15) is 0 Å². The van der Waals surface area contributed by atoms with Crippen LogP contribution < -0.4 is 11.1 Å². The number of aromatic nitrogens is 1. The molecule has 0 saturated carbocycles. The lowest BCUT2D eigenvalue weighted by atomic mass is 10.1. The normalized spacial score (nSPS) is 12.3. The Bertz CT molecular complexity index is 563. The zero-order valence-electron chi connectivity index (χ0n) is 11.1. The maximum Gasteiger partial charge on any atom is 0.252 e. The lowest BCUT2D eigenvalue weighted by Gasteiger charge is -2.16. The fraction of sp³-hybridized carbons (Fsp3) is 0.333. The molecule has 4 heteroatoms. The van der Waals surface area contributed by atoms with Crippen molar-refractivity contribution >= 4 is 16.8 Å². The van der Waals surface area contributed by atoms with Crippen molar-refractivity contribution in [2.75, 3.05) is 6.54 Å². The third-order valence-corrected chi connectivity index (χ3v) is 3.15. The molecule has 0 aliphatic carbocycles. The van der Waals surface area contributed by atoms with Crippen LogP contribution in [0.5, 0.6) is 0 Å². The second-order valence-corrected chi connectivity index (χ2v) is 4.57. The first-order chi connectivity index (χ1) is 9.26. The lowest BCUT2D eigenvalue weighted by Crippen LogP contribution is -2.40. The minimum atomic E-state index is -0.0810. The molecule has 19 heavy (non-hydrogen) atoms. The van der Waals surface area contributed by atoms with E-state index in [1.807, 2.05) is 24.3 Å². The quantitative estimate of drug-likeness (QED) is 0.861. The van der Waals surface area contributed by atoms with E-state index in [0.717, 1.165) is 23.7 Å². The molecular weight excluding hydrogens is 238 g/mol. The molecule has 3 N–H and O–H groups in total. The molecule has 2 rings (SSSR count). The van der Waals surface area contributed by atoms with Crippen molar-refractivity contribution in [1.29, 1.82) is 0 Å². The molecule has 0 spiro atoms. The molecule has 4 nitrogen and oxygen atoms in total. The molecular formula is C15H19N3O. The second-order valence-electron chi connectivity index (χ2n) is 4.57. The number of benzene rings is 1. The number of carbonyl (C=O) groups excluding carboxylic acids is 1. The Balaban J connectivity index is 2.26. The van der Waals surface area contributed by atoms with Gasteiger partial charge in [0.1, 0.15) is 0 Å². The van der Waals surface area contributed by atoms with E-state index in [2.05, 4.69) is 17.2 Å². The van der Waals surface area contributed by atoms with Gasteiger partial charge in [0, 0.05) is 24.2 Å². The van der Waals surface area contributed by atoms with Crippen LogP contribution in [-0.4, -0.2) is 23.5 Å². The average molecular weight is 257 g/mol. The van der Waals surface area contributed by atoms with Crippen LogP contribution >= 0.6 is 0 Å². The number of para-hydroxylation sites is 1. The van der Waals surface area contributed by atoms with Gasteiger partial charge >= 0.3 is 0 Å². The van der Waals surface area contributed by atoms with Crippen LogP contribution in [0.1, 0.15) is 30.1 Å².